The first-order chi connectivity index (χ1) is 17.2. The minimum absolute atomic E-state index is 0.117. The predicted molar refractivity (Wildman–Crippen MR) is 142 cm³/mol. The number of nitrogens with zero attached hydrogens (tertiary/aromatic N) is 2. The van der Waals surface area contributed by atoms with Crippen LogP contribution >= 0.6 is 0 Å². The number of aromatic nitrogens is 1. The van der Waals surface area contributed by atoms with E-state index in [0.29, 0.717) is 6.42 Å². The van der Waals surface area contributed by atoms with Gasteiger partial charge in [0.25, 0.3) is 0 Å². The molecular weight excluding hydrogens is 432 g/mol. The topological polar surface area (TPSA) is 51.4 Å². The molecule has 1 unspecified atom stereocenters. The Labute approximate surface area is 207 Å². The lowest BCUT2D eigenvalue weighted by Gasteiger charge is -2.40. The van der Waals surface area contributed by atoms with Crippen molar-refractivity contribution in [2.24, 2.45) is 0 Å². The summed E-state index contributed by atoms with van der Waals surface area (Å²) in [6, 6.07) is 29.3. The molecule has 35 heavy (non-hydrogen) atoms. The molecule has 0 spiro atoms. The number of aromatic amines is 1. The van der Waals surface area contributed by atoms with Crippen molar-refractivity contribution in [1.82, 2.24) is 20.1 Å². The maximum absolute atomic E-state index is 13.8. The molecule has 1 fully saturated rings. The number of para-hydroxylation sites is 1. The van der Waals surface area contributed by atoms with E-state index in [4.69, 9.17) is 0 Å². The second kappa shape index (κ2) is 10.9. The van der Waals surface area contributed by atoms with Gasteiger partial charge in [0.2, 0.25) is 5.91 Å². The number of hydrogen-bond donors (Lipinski definition) is 2. The molecule has 2 N–H and O–H groups in total. The number of H-pyrrole nitrogens is 1. The summed E-state index contributed by atoms with van der Waals surface area (Å²) < 4.78 is 0. The van der Waals surface area contributed by atoms with E-state index < -0.39 is 0 Å². The van der Waals surface area contributed by atoms with Crippen LogP contribution in [-0.4, -0.2) is 59.5 Å². The van der Waals surface area contributed by atoms with E-state index in [1.807, 2.05) is 18.3 Å². The van der Waals surface area contributed by atoms with Gasteiger partial charge in [0.15, 0.2) is 0 Å². The average molecular weight is 467 g/mol. The van der Waals surface area contributed by atoms with Crippen LogP contribution in [0, 0.1) is 0 Å². The molecule has 2 atom stereocenters. The van der Waals surface area contributed by atoms with Crippen molar-refractivity contribution in [2.45, 2.75) is 31.5 Å². The lowest BCUT2D eigenvalue weighted by molar-refractivity contribution is -0.138. The third-order valence-electron chi connectivity index (χ3n) is 7.00. The highest BCUT2D eigenvalue weighted by atomic mass is 16.2. The van der Waals surface area contributed by atoms with Gasteiger partial charge in [0.1, 0.15) is 0 Å². The molecule has 0 radical (unpaired) electrons. The molecule has 1 amide bonds. The molecule has 5 nitrogen and oxygen atoms in total. The zero-order valence-electron chi connectivity index (χ0n) is 20.4. The fourth-order valence-corrected chi connectivity index (χ4v) is 5.28. The standard InChI is InChI=1S/C30H34N4O/c1-33(21-24-12-6-3-7-13-24)22-26(18-23-10-4-2-5-11-23)34-17-16-31-29(30(34)35)19-25-20-32-28-15-9-8-14-27(25)28/h2-15,20,26,29,31-32H,16-19,21-22H2,1H3/t26?,29-/m0/s1. The summed E-state index contributed by atoms with van der Waals surface area (Å²) in [5.41, 5.74) is 4.86. The number of nitrogens with one attached hydrogen (secondary N) is 2. The third kappa shape index (κ3) is 5.64. The van der Waals surface area contributed by atoms with Crippen molar-refractivity contribution in [3.05, 3.63) is 108 Å². The number of hydrogen-bond acceptors (Lipinski definition) is 3. The number of carbonyl (C=O) groups is 1. The Morgan fingerprint density at radius 1 is 0.943 bits per heavy atom. The SMILES string of the molecule is CN(Cc1ccccc1)CC(Cc1ccccc1)N1CCN[C@@H](Cc2c[nH]c3ccccc23)C1=O. The van der Waals surface area contributed by atoms with Crippen LogP contribution in [0.2, 0.25) is 0 Å². The zero-order valence-corrected chi connectivity index (χ0v) is 20.4. The van der Waals surface area contributed by atoms with Gasteiger partial charge in [-0.05, 0) is 42.6 Å². The summed E-state index contributed by atoms with van der Waals surface area (Å²) in [4.78, 5) is 21.6. The number of amides is 1. The van der Waals surface area contributed by atoms with E-state index in [2.05, 4.69) is 99.9 Å². The lowest BCUT2D eigenvalue weighted by Crippen LogP contribution is -2.60. The highest BCUT2D eigenvalue weighted by Gasteiger charge is 2.34. The molecule has 4 aromatic rings. The third-order valence-corrected chi connectivity index (χ3v) is 7.00. The highest BCUT2D eigenvalue weighted by Crippen LogP contribution is 2.22. The molecular formula is C30H34N4O. The predicted octanol–water partition coefficient (Wildman–Crippen LogP) is 4.25. The molecule has 2 heterocycles. The Balaban J connectivity index is 1.34. The molecule has 5 rings (SSSR count). The van der Waals surface area contributed by atoms with Gasteiger partial charge in [-0.15, -0.1) is 0 Å². The molecule has 5 heteroatoms. The molecule has 0 bridgehead atoms. The van der Waals surface area contributed by atoms with Crippen LogP contribution in [0.15, 0.2) is 91.1 Å². The van der Waals surface area contributed by atoms with E-state index in [1.54, 1.807) is 0 Å². The van der Waals surface area contributed by atoms with Gasteiger partial charge in [-0.2, -0.15) is 0 Å². The zero-order chi connectivity index (χ0) is 24.0. The van der Waals surface area contributed by atoms with Crippen LogP contribution in [0.1, 0.15) is 16.7 Å². The summed E-state index contributed by atoms with van der Waals surface area (Å²) in [6.45, 7) is 3.24. The Hall–Kier alpha value is -3.41. The van der Waals surface area contributed by atoms with E-state index in [0.717, 1.165) is 38.1 Å². The number of likely N-dealkylation sites (N-methyl/N-ethyl adjacent to an activating group) is 1. The molecule has 1 aliphatic heterocycles. The van der Waals surface area contributed by atoms with Crippen molar-refractivity contribution in [2.75, 3.05) is 26.7 Å². The normalized spacial score (nSPS) is 17.3. The Morgan fingerprint density at radius 2 is 1.63 bits per heavy atom. The molecule has 0 aliphatic carbocycles. The van der Waals surface area contributed by atoms with Crippen molar-refractivity contribution < 1.29 is 4.79 Å². The highest BCUT2D eigenvalue weighted by molar-refractivity contribution is 5.86. The summed E-state index contributed by atoms with van der Waals surface area (Å²) in [6.07, 6.45) is 3.59. The molecule has 3 aromatic carbocycles. The largest absolute Gasteiger partial charge is 0.361 e. The van der Waals surface area contributed by atoms with Gasteiger partial charge in [0, 0.05) is 49.3 Å². The van der Waals surface area contributed by atoms with Crippen molar-refractivity contribution in [3.63, 3.8) is 0 Å². The van der Waals surface area contributed by atoms with E-state index in [9.17, 15) is 4.79 Å². The average Bonchev–Trinajstić information content (AvgIpc) is 3.29. The number of fused-ring (bicyclic) bond motifs is 1. The first-order valence-electron chi connectivity index (χ1n) is 12.5. The summed E-state index contributed by atoms with van der Waals surface area (Å²) >= 11 is 0. The second-order valence-corrected chi connectivity index (χ2v) is 9.63. The molecule has 180 valence electrons. The number of piperazine rings is 1. The van der Waals surface area contributed by atoms with Crippen LogP contribution in [0.3, 0.4) is 0 Å². The Kier molecular flexibility index (Phi) is 7.26. The molecule has 1 aliphatic rings. The van der Waals surface area contributed by atoms with Crippen LogP contribution in [0.25, 0.3) is 10.9 Å². The minimum Gasteiger partial charge on any atom is -0.361 e. The monoisotopic (exact) mass is 466 g/mol. The Bertz CT molecular complexity index is 1240. The fourth-order valence-electron chi connectivity index (χ4n) is 5.28. The van der Waals surface area contributed by atoms with Crippen LogP contribution in [-0.2, 0) is 24.2 Å². The van der Waals surface area contributed by atoms with Crippen molar-refractivity contribution in [1.29, 1.82) is 0 Å². The first-order valence-corrected chi connectivity index (χ1v) is 12.5. The van der Waals surface area contributed by atoms with Crippen molar-refractivity contribution in [3.8, 4) is 0 Å². The summed E-state index contributed by atoms with van der Waals surface area (Å²) in [5.74, 6) is 0.204. The number of rotatable bonds is 9. The van der Waals surface area contributed by atoms with Crippen LogP contribution in [0.5, 0.6) is 0 Å². The Morgan fingerprint density at radius 3 is 2.40 bits per heavy atom. The lowest BCUT2D eigenvalue weighted by atomic mass is 9.98. The summed E-state index contributed by atoms with van der Waals surface area (Å²) in [5, 5.41) is 4.69. The number of carbonyl (C=O) groups excluding carboxylic acids is 1. The van der Waals surface area contributed by atoms with Gasteiger partial charge in [0.05, 0.1) is 6.04 Å². The summed E-state index contributed by atoms with van der Waals surface area (Å²) in [7, 11) is 2.15. The fraction of sp³-hybridized carbons (Fsp3) is 0.300. The maximum atomic E-state index is 13.8. The van der Waals surface area contributed by atoms with Crippen LogP contribution < -0.4 is 5.32 Å². The number of benzene rings is 3. The quantitative estimate of drug-likeness (QED) is 0.388. The van der Waals surface area contributed by atoms with Crippen LogP contribution in [0.4, 0.5) is 0 Å². The molecule has 1 aromatic heterocycles. The molecule has 1 saturated heterocycles. The van der Waals surface area contributed by atoms with E-state index >= 15 is 0 Å². The van der Waals surface area contributed by atoms with Gasteiger partial charge in [-0.25, -0.2) is 0 Å². The maximum Gasteiger partial charge on any atom is 0.240 e. The first kappa shape index (κ1) is 23.3. The molecule has 0 saturated carbocycles. The van der Waals surface area contributed by atoms with E-state index in [-0.39, 0.29) is 18.0 Å². The van der Waals surface area contributed by atoms with Gasteiger partial charge in [-0.3, -0.25) is 4.79 Å². The second-order valence-electron chi connectivity index (χ2n) is 9.63. The van der Waals surface area contributed by atoms with Gasteiger partial charge in [-0.1, -0.05) is 78.9 Å². The minimum atomic E-state index is -0.208. The smallest absolute Gasteiger partial charge is 0.240 e. The van der Waals surface area contributed by atoms with Gasteiger partial charge >= 0.3 is 0 Å². The van der Waals surface area contributed by atoms with E-state index in [1.165, 1.54) is 22.1 Å². The van der Waals surface area contributed by atoms with Gasteiger partial charge < -0.3 is 20.1 Å². The van der Waals surface area contributed by atoms with Crippen molar-refractivity contribution >= 4 is 16.8 Å².